The van der Waals surface area contributed by atoms with Gasteiger partial charge in [-0.1, -0.05) is 16.9 Å². The lowest BCUT2D eigenvalue weighted by Crippen LogP contribution is -2.41. The Labute approximate surface area is 161 Å². The Balaban J connectivity index is 1.68. The van der Waals surface area contributed by atoms with Crippen molar-refractivity contribution in [3.63, 3.8) is 0 Å². The number of nitrogens with one attached hydrogen (secondary N) is 1. The Hall–Kier alpha value is -1.69. The van der Waals surface area contributed by atoms with Gasteiger partial charge in [-0.05, 0) is 51.5 Å². The van der Waals surface area contributed by atoms with Gasteiger partial charge in [-0.2, -0.15) is 0 Å². The van der Waals surface area contributed by atoms with E-state index in [1.54, 1.807) is 0 Å². The first-order chi connectivity index (χ1) is 12.6. The number of hydrogen-bond donors (Lipinski definition) is 2. The standard InChI is InChI=1S/C15H17BrFN5O3S/c1-22-4-5-24-10(7-22)8-26-15-13(20-25-21-15)14(19-23)18-9-2-3-12(17)11(16)6-9/h2-3,6,10,23H,4-5,7-8H2,1H3,(H,18,19). The van der Waals surface area contributed by atoms with E-state index in [-0.39, 0.29) is 22.1 Å². The van der Waals surface area contributed by atoms with Crippen LogP contribution < -0.4 is 5.32 Å². The molecule has 0 amide bonds. The number of nitrogens with zero attached hydrogens (tertiary/aromatic N) is 4. The maximum absolute atomic E-state index is 13.3. The van der Waals surface area contributed by atoms with Crippen LogP contribution in [0.2, 0.25) is 0 Å². The molecule has 26 heavy (non-hydrogen) atoms. The highest BCUT2D eigenvalue weighted by molar-refractivity contribution is 9.10. The molecule has 11 heteroatoms. The molecule has 8 nitrogen and oxygen atoms in total. The van der Waals surface area contributed by atoms with Crippen LogP contribution in [-0.4, -0.2) is 64.9 Å². The molecule has 0 saturated carbocycles. The van der Waals surface area contributed by atoms with Crippen LogP contribution in [-0.2, 0) is 4.74 Å². The minimum atomic E-state index is -0.394. The van der Waals surface area contributed by atoms with Gasteiger partial charge in [0, 0.05) is 24.5 Å². The maximum Gasteiger partial charge on any atom is 0.202 e. The SMILES string of the molecule is CN1CCOC(CSc2nonc2C(=NO)Nc2ccc(F)c(Br)c2)C1. The Bertz CT molecular complexity index is 790. The summed E-state index contributed by atoms with van der Waals surface area (Å²) in [6.07, 6.45) is 0.0684. The molecule has 3 rings (SSSR count). The average molecular weight is 446 g/mol. The predicted octanol–water partition coefficient (Wildman–Crippen LogP) is 2.64. The van der Waals surface area contributed by atoms with Crippen molar-refractivity contribution in [3.8, 4) is 0 Å². The summed E-state index contributed by atoms with van der Waals surface area (Å²) in [7, 11) is 2.05. The molecule has 1 saturated heterocycles. The lowest BCUT2D eigenvalue weighted by molar-refractivity contribution is -0.00600. The maximum atomic E-state index is 13.3. The van der Waals surface area contributed by atoms with Crippen LogP contribution in [0.1, 0.15) is 5.69 Å². The third kappa shape index (κ3) is 4.72. The quantitative estimate of drug-likeness (QED) is 0.238. The molecular formula is C15H17BrFN5O3S. The predicted molar refractivity (Wildman–Crippen MR) is 98.3 cm³/mol. The summed E-state index contributed by atoms with van der Waals surface area (Å²) in [4.78, 5) is 2.20. The topological polar surface area (TPSA) is 96.0 Å². The first-order valence-corrected chi connectivity index (χ1v) is 9.54. The number of oxime groups is 1. The molecule has 1 atom stereocenters. The van der Waals surface area contributed by atoms with Crippen LogP contribution in [0.3, 0.4) is 0 Å². The van der Waals surface area contributed by atoms with E-state index in [1.165, 1.54) is 30.0 Å². The van der Waals surface area contributed by atoms with Gasteiger partial charge in [0.1, 0.15) is 5.82 Å². The van der Waals surface area contributed by atoms with Crippen LogP contribution >= 0.6 is 27.7 Å². The van der Waals surface area contributed by atoms with Gasteiger partial charge in [-0.25, -0.2) is 9.02 Å². The van der Waals surface area contributed by atoms with E-state index in [0.717, 1.165) is 13.1 Å². The number of hydrogen-bond acceptors (Lipinski definition) is 8. The molecule has 2 heterocycles. The number of ether oxygens (including phenoxy) is 1. The van der Waals surface area contributed by atoms with E-state index in [9.17, 15) is 9.60 Å². The molecule has 1 aliphatic rings. The van der Waals surface area contributed by atoms with E-state index < -0.39 is 5.82 Å². The summed E-state index contributed by atoms with van der Waals surface area (Å²) < 4.78 is 24.1. The first kappa shape index (κ1) is 19.1. The van der Waals surface area contributed by atoms with Gasteiger partial charge < -0.3 is 20.2 Å². The van der Waals surface area contributed by atoms with E-state index in [0.29, 0.717) is 23.1 Å². The molecule has 1 fully saturated rings. The lowest BCUT2D eigenvalue weighted by Gasteiger charge is -2.29. The molecule has 1 aliphatic heterocycles. The van der Waals surface area contributed by atoms with Crippen LogP contribution in [0.4, 0.5) is 10.1 Å². The zero-order valence-electron chi connectivity index (χ0n) is 13.9. The molecule has 0 radical (unpaired) electrons. The van der Waals surface area contributed by atoms with Crippen molar-refractivity contribution in [1.29, 1.82) is 0 Å². The minimum Gasteiger partial charge on any atom is -0.409 e. The van der Waals surface area contributed by atoms with Crippen molar-refractivity contribution < 1.29 is 19.0 Å². The molecule has 140 valence electrons. The summed E-state index contributed by atoms with van der Waals surface area (Å²) in [6, 6.07) is 4.32. The molecule has 2 N–H and O–H groups in total. The number of morpholine rings is 1. The second kappa shape index (κ2) is 8.80. The molecule has 1 aromatic carbocycles. The Kier molecular flexibility index (Phi) is 6.46. The van der Waals surface area contributed by atoms with Crippen molar-refractivity contribution in [2.45, 2.75) is 11.1 Å². The molecule has 2 aromatic rings. The lowest BCUT2D eigenvalue weighted by atomic mass is 10.3. The van der Waals surface area contributed by atoms with E-state index in [1.807, 2.05) is 7.05 Å². The summed E-state index contributed by atoms with van der Waals surface area (Å²) in [5, 5.41) is 23.6. The number of anilines is 1. The zero-order valence-corrected chi connectivity index (χ0v) is 16.3. The first-order valence-electron chi connectivity index (χ1n) is 7.77. The Morgan fingerprint density at radius 2 is 2.38 bits per heavy atom. The van der Waals surface area contributed by atoms with Gasteiger partial charge in [0.15, 0.2) is 10.7 Å². The largest absolute Gasteiger partial charge is 0.409 e. The van der Waals surface area contributed by atoms with Gasteiger partial charge in [0.05, 0.1) is 17.2 Å². The van der Waals surface area contributed by atoms with Crippen LogP contribution in [0.15, 0.2) is 37.5 Å². The van der Waals surface area contributed by atoms with Gasteiger partial charge in [-0.15, -0.1) is 0 Å². The van der Waals surface area contributed by atoms with Crippen molar-refractivity contribution in [2.24, 2.45) is 5.16 Å². The normalized spacial score (nSPS) is 18.9. The highest BCUT2D eigenvalue weighted by Gasteiger charge is 2.22. The molecular weight excluding hydrogens is 429 g/mol. The number of aromatic nitrogens is 2. The average Bonchev–Trinajstić information content (AvgIpc) is 3.09. The van der Waals surface area contributed by atoms with Gasteiger partial charge in [-0.3, -0.25) is 0 Å². The van der Waals surface area contributed by atoms with Crippen LogP contribution in [0.25, 0.3) is 0 Å². The highest BCUT2D eigenvalue weighted by atomic mass is 79.9. The van der Waals surface area contributed by atoms with Gasteiger partial charge in [0.25, 0.3) is 0 Å². The zero-order chi connectivity index (χ0) is 18.5. The fraction of sp³-hybridized carbons (Fsp3) is 0.400. The van der Waals surface area contributed by atoms with Crippen molar-refractivity contribution in [1.82, 2.24) is 15.2 Å². The van der Waals surface area contributed by atoms with Crippen molar-refractivity contribution in [2.75, 3.05) is 37.8 Å². The monoisotopic (exact) mass is 445 g/mol. The number of rotatable bonds is 5. The molecule has 0 spiro atoms. The molecule has 1 aromatic heterocycles. The number of amidine groups is 1. The van der Waals surface area contributed by atoms with E-state index >= 15 is 0 Å². The van der Waals surface area contributed by atoms with Gasteiger partial charge in [0.2, 0.25) is 5.84 Å². The number of thioether (sulfide) groups is 1. The fourth-order valence-corrected chi connectivity index (χ4v) is 3.68. The number of halogens is 2. The third-order valence-corrected chi connectivity index (χ3v) is 5.40. The van der Waals surface area contributed by atoms with Crippen molar-refractivity contribution >= 4 is 39.2 Å². The Morgan fingerprint density at radius 1 is 1.54 bits per heavy atom. The van der Waals surface area contributed by atoms with Crippen LogP contribution in [0, 0.1) is 5.82 Å². The Morgan fingerprint density at radius 3 is 3.12 bits per heavy atom. The molecule has 0 bridgehead atoms. The summed E-state index contributed by atoms with van der Waals surface area (Å²) in [5.41, 5.74) is 0.782. The highest BCUT2D eigenvalue weighted by Crippen LogP contribution is 2.24. The van der Waals surface area contributed by atoms with E-state index in [2.05, 4.69) is 41.6 Å². The summed E-state index contributed by atoms with van der Waals surface area (Å²) >= 11 is 4.51. The number of likely N-dealkylation sites (N-methyl/N-ethyl adjacent to an activating group) is 1. The fourth-order valence-electron chi connectivity index (χ4n) is 2.40. The second-order valence-electron chi connectivity index (χ2n) is 5.69. The molecule has 0 aliphatic carbocycles. The number of benzene rings is 1. The van der Waals surface area contributed by atoms with Gasteiger partial charge >= 0.3 is 0 Å². The third-order valence-electron chi connectivity index (χ3n) is 3.71. The van der Waals surface area contributed by atoms with E-state index in [4.69, 9.17) is 9.37 Å². The molecule has 1 unspecified atom stereocenters. The summed E-state index contributed by atoms with van der Waals surface area (Å²) in [5.74, 6) is 0.315. The summed E-state index contributed by atoms with van der Waals surface area (Å²) in [6.45, 7) is 2.43. The smallest absolute Gasteiger partial charge is 0.202 e. The minimum absolute atomic E-state index is 0.0499. The second-order valence-corrected chi connectivity index (χ2v) is 7.55. The van der Waals surface area contributed by atoms with Crippen LogP contribution in [0.5, 0.6) is 0 Å². The van der Waals surface area contributed by atoms with Crippen molar-refractivity contribution in [3.05, 3.63) is 34.2 Å².